The number of nitrogens with one attached hydrogen (secondary N) is 2. The van der Waals surface area contributed by atoms with E-state index in [1.165, 1.54) is 10.4 Å². The van der Waals surface area contributed by atoms with E-state index in [1.807, 2.05) is 13.0 Å². The molecule has 0 atom stereocenters. The number of nitrogens with zero attached hydrogens (tertiary/aromatic N) is 1. The van der Waals surface area contributed by atoms with Crippen LogP contribution < -0.4 is 10.6 Å². The summed E-state index contributed by atoms with van der Waals surface area (Å²) < 4.78 is 5.28. The van der Waals surface area contributed by atoms with Gasteiger partial charge in [-0.1, -0.05) is 30.3 Å². The second kappa shape index (κ2) is 8.62. The maximum atomic E-state index is 12.5. The second-order valence-corrected chi connectivity index (χ2v) is 7.59. The number of rotatable bonds is 5. The van der Waals surface area contributed by atoms with Gasteiger partial charge >= 0.3 is 5.97 Å². The number of carbonyl (C=O) groups excluding carboxylic acids is 1. The second-order valence-electron chi connectivity index (χ2n) is 6.08. The molecule has 0 radical (unpaired) electrons. The van der Waals surface area contributed by atoms with E-state index in [0.717, 1.165) is 36.6 Å². The van der Waals surface area contributed by atoms with Gasteiger partial charge in [-0.05, 0) is 36.7 Å². The van der Waals surface area contributed by atoms with Crippen molar-refractivity contribution in [2.24, 2.45) is 0 Å². The molecule has 0 amide bonds. The Morgan fingerprint density at radius 3 is 2.81 bits per heavy atom. The normalized spacial score (nSPS) is 13.8. The van der Waals surface area contributed by atoms with Crippen LogP contribution in [0.15, 0.2) is 30.3 Å². The van der Waals surface area contributed by atoms with Crippen molar-refractivity contribution in [3.8, 4) is 0 Å². The first-order valence-electron chi connectivity index (χ1n) is 8.69. The third-order valence-corrected chi connectivity index (χ3v) is 5.76. The van der Waals surface area contributed by atoms with Crippen LogP contribution in [0, 0.1) is 0 Å². The molecule has 0 unspecified atom stereocenters. The van der Waals surface area contributed by atoms with Crippen LogP contribution in [0.25, 0.3) is 0 Å². The summed E-state index contributed by atoms with van der Waals surface area (Å²) in [5, 5.41) is 7.31. The molecular formula is C19H23N3O2S2. The number of hydrogen-bond donors (Lipinski definition) is 2. The van der Waals surface area contributed by atoms with Crippen LogP contribution in [0.5, 0.6) is 0 Å². The molecule has 26 heavy (non-hydrogen) atoms. The van der Waals surface area contributed by atoms with Crippen LogP contribution in [0.4, 0.5) is 5.00 Å². The van der Waals surface area contributed by atoms with Gasteiger partial charge < -0.3 is 15.4 Å². The molecule has 0 saturated carbocycles. The number of benzene rings is 1. The van der Waals surface area contributed by atoms with Crippen molar-refractivity contribution in [3.05, 3.63) is 51.9 Å². The van der Waals surface area contributed by atoms with Crippen LogP contribution in [0.2, 0.25) is 0 Å². The van der Waals surface area contributed by atoms with Crippen LogP contribution in [0.3, 0.4) is 0 Å². The van der Waals surface area contributed by atoms with Crippen LogP contribution in [-0.2, 0) is 24.2 Å². The van der Waals surface area contributed by atoms with Crippen molar-refractivity contribution in [1.82, 2.24) is 10.2 Å². The highest BCUT2D eigenvalue weighted by Gasteiger charge is 2.29. The minimum Gasteiger partial charge on any atom is -0.462 e. The molecule has 1 aliphatic heterocycles. The molecule has 0 spiro atoms. The Labute approximate surface area is 163 Å². The third-order valence-electron chi connectivity index (χ3n) is 4.32. The lowest BCUT2D eigenvalue weighted by atomic mass is 10.0. The fourth-order valence-electron chi connectivity index (χ4n) is 3.11. The maximum absolute atomic E-state index is 12.5. The number of thiocarbonyl (C=S) groups is 1. The Balaban J connectivity index is 1.84. The molecule has 0 bridgehead atoms. The van der Waals surface area contributed by atoms with Gasteiger partial charge in [0.25, 0.3) is 0 Å². The van der Waals surface area contributed by atoms with E-state index < -0.39 is 0 Å². The smallest absolute Gasteiger partial charge is 0.341 e. The molecule has 1 aromatic carbocycles. The van der Waals surface area contributed by atoms with Gasteiger partial charge in [0, 0.05) is 31.6 Å². The molecule has 7 heteroatoms. The molecule has 0 aliphatic carbocycles. The van der Waals surface area contributed by atoms with Crippen molar-refractivity contribution in [1.29, 1.82) is 0 Å². The zero-order chi connectivity index (χ0) is 18.5. The van der Waals surface area contributed by atoms with Crippen molar-refractivity contribution in [3.63, 3.8) is 0 Å². The van der Waals surface area contributed by atoms with Crippen molar-refractivity contribution in [2.45, 2.75) is 26.4 Å². The summed E-state index contributed by atoms with van der Waals surface area (Å²) in [5.74, 6) is -0.275. The monoisotopic (exact) mass is 389 g/mol. The van der Waals surface area contributed by atoms with Gasteiger partial charge in [0.1, 0.15) is 5.00 Å². The predicted molar refractivity (Wildman–Crippen MR) is 110 cm³/mol. The van der Waals surface area contributed by atoms with Crippen molar-refractivity contribution < 1.29 is 9.53 Å². The lowest BCUT2D eigenvalue weighted by molar-refractivity contribution is 0.0526. The van der Waals surface area contributed by atoms with E-state index in [9.17, 15) is 4.79 Å². The Morgan fingerprint density at radius 2 is 2.12 bits per heavy atom. The summed E-state index contributed by atoms with van der Waals surface area (Å²) in [7, 11) is 1.76. The van der Waals surface area contributed by atoms with Gasteiger partial charge in [0.05, 0.1) is 12.2 Å². The highest BCUT2D eigenvalue weighted by molar-refractivity contribution is 7.80. The van der Waals surface area contributed by atoms with E-state index in [0.29, 0.717) is 17.3 Å². The highest BCUT2D eigenvalue weighted by atomic mass is 32.1. The largest absolute Gasteiger partial charge is 0.462 e. The Hall–Kier alpha value is -1.96. The first kappa shape index (κ1) is 18.8. The fourth-order valence-corrected chi connectivity index (χ4v) is 4.56. The third kappa shape index (κ3) is 4.23. The van der Waals surface area contributed by atoms with Gasteiger partial charge in [-0.3, -0.25) is 4.90 Å². The fraction of sp³-hybridized carbons (Fsp3) is 0.368. The lowest BCUT2D eigenvalue weighted by Gasteiger charge is -2.27. The number of fused-ring (bicyclic) bond motifs is 1. The average Bonchev–Trinajstić information content (AvgIpc) is 2.99. The zero-order valence-electron chi connectivity index (χ0n) is 15.0. The minimum atomic E-state index is -0.275. The molecule has 138 valence electrons. The van der Waals surface area contributed by atoms with Gasteiger partial charge in [-0.25, -0.2) is 4.79 Å². The van der Waals surface area contributed by atoms with Crippen molar-refractivity contribution >= 4 is 39.6 Å². The first-order valence-corrected chi connectivity index (χ1v) is 9.91. The Morgan fingerprint density at radius 1 is 1.35 bits per heavy atom. The quantitative estimate of drug-likeness (QED) is 0.604. The number of carbonyl (C=O) groups is 1. The van der Waals surface area contributed by atoms with Crippen LogP contribution in [-0.4, -0.2) is 36.2 Å². The van der Waals surface area contributed by atoms with E-state index in [2.05, 4.69) is 39.8 Å². The van der Waals surface area contributed by atoms with Gasteiger partial charge in [0.2, 0.25) is 0 Å². The molecule has 1 aliphatic rings. The summed E-state index contributed by atoms with van der Waals surface area (Å²) in [6, 6.07) is 10.5. The molecule has 0 saturated heterocycles. The average molecular weight is 390 g/mol. The molecule has 3 rings (SSSR count). The Bertz CT molecular complexity index is 790. The molecular weight excluding hydrogens is 366 g/mol. The maximum Gasteiger partial charge on any atom is 0.341 e. The van der Waals surface area contributed by atoms with Crippen LogP contribution in [0.1, 0.15) is 33.3 Å². The number of ether oxygens (including phenoxy) is 1. The van der Waals surface area contributed by atoms with E-state index in [4.69, 9.17) is 17.0 Å². The number of esters is 1. The summed E-state index contributed by atoms with van der Waals surface area (Å²) in [5.41, 5.74) is 3.04. The molecule has 0 fully saturated rings. The Kier molecular flexibility index (Phi) is 6.24. The van der Waals surface area contributed by atoms with Gasteiger partial charge in [0.15, 0.2) is 5.11 Å². The molecule has 2 aromatic rings. The van der Waals surface area contributed by atoms with E-state index in [-0.39, 0.29) is 5.97 Å². The van der Waals surface area contributed by atoms with Crippen molar-refractivity contribution in [2.75, 3.05) is 25.5 Å². The van der Waals surface area contributed by atoms with E-state index in [1.54, 1.807) is 18.4 Å². The standard InChI is InChI=1S/C19H23N3O2S2/c1-3-24-18(23)16-14-9-10-22(11-13-7-5-4-6-8-13)12-15(14)26-17(16)21-19(25)20-2/h4-8H,3,9-12H2,1-2H3,(H2,20,21,25). The summed E-state index contributed by atoms with van der Waals surface area (Å²) in [4.78, 5) is 16.1. The topological polar surface area (TPSA) is 53.6 Å². The number of anilines is 1. The number of hydrogen-bond acceptors (Lipinski definition) is 5. The van der Waals surface area contributed by atoms with Gasteiger partial charge in [-0.15, -0.1) is 11.3 Å². The zero-order valence-corrected chi connectivity index (χ0v) is 16.6. The van der Waals surface area contributed by atoms with Gasteiger partial charge in [-0.2, -0.15) is 0 Å². The first-order chi connectivity index (χ1) is 12.6. The number of thiophene rings is 1. The molecule has 5 nitrogen and oxygen atoms in total. The molecule has 2 heterocycles. The summed E-state index contributed by atoms with van der Waals surface area (Å²) >= 11 is 6.81. The van der Waals surface area contributed by atoms with Crippen LogP contribution >= 0.6 is 23.6 Å². The minimum absolute atomic E-state index is 0.275. The molecule has 2 N–H and O–H groups in total. The molecule has 1 aromatic heterocycles. The summed E-state index contributed by atoms with van der Waals surface area (Å²) in [6.07, 6.45) is 0.834. The predicted octanol–water partition coefficient (Wildman–Crippen LogP) is 3.40. The lowest BCUT2D eigenvalue weighted by Crippen LogP contribution is -2.30. The van der Waals surface area contributed by atoms with E-state index >= 15 is 0 Å². The summed E-state index contributed by atoms with van der Waals surface area (Å²) in [6.45, 7) is 4.84. The highest BCUT2D eigenvalue weighted by Crippen LogP contribution is 2.38. The SMILES string of the molecule is CCOC(=O)c1c(NC(=S)NC)sc2c1CCN(Cc1ccccc1)C2.